The lowest BCUT2D eigenvalue weighted by molar-refractivity contribution is 0.547. The maximum absolute atomic E-state index is 13.7. The molecule has 1 aliphatic carbocycles. The Hall–Kier alpha value is -1.40. The van der Waals surface area contributed by atoms with Crippen molar-refractivity contribution in [2.45, 2.75) is 25.3 Å². The van der Waals surface area contributed by atoms with Crippen molar-refractivity contribution in [1.29, 1.82) is 0 Å². The van der Waals surface area contributed by atoms with E-state index in [1.54, 1.807) is 0 Å². The second-order valence-electron chi connectivity index (χ2n) is 4.57. The number of hydrogen-bond donors (Lipinski definition) is 1. The van der Waals surface area contributed by atoms with Crippen LogP contribution in [0.2, 0.25) is 0 Å². The molecule has 0 fully saturated rings. The largest absolute Gasteiger partial charge is 0.323 e. The zero-order valence-electron chi connectivity index (χ0n) is 9.92. The average Bonchev–Trinajstić information content (AvgIpc) is 2.72. The number of nitrogens with zero attached hydrogens (tertiary/aromatic N) is 1. The molecule has 3 rings (SSSR count). The van der Waals surface area contributed by atoms with E-state index in [9.17, 15) is 13.2 Å². The van der Waals surface area contributed by atoms with Gasteiger partial charge in [0, 0.05) is 23.1 Å². The molecule has 0 saturated heterocycles. The molecular formula is C13H11F3N2S. The van der Waals surface area contributed by atoms with E-state index in [0.717, 1.165) is 29.8 Å². The highest BCUT2D eigenvalue weighted by Gasteiger charge is 2.25. The van der Waals surface area contributed by atoms with Gasteiger partial charge in [-0.1, -0.05) is 0 Å². The Balaban J connectivity index is 2.13. The Morgan fingerprint density at radius 2 is 1.89 bits per heavy atom. The van der Waals surface area contributed by atoms with E-state index in [2.05, 4.69) is 4.98 Å². The first kappa shape index (κ1) is 12.6. The third kappa shape index (κ3) is 2.15. The van der Waals surface area contributed by atoms with Crippen LogP contribution in [0.1, 0.15) is 29.5 Å². The summed E-state index contributed by atoms with van der Waals surface area (Å²) >= 11 is 1.19. The number of benzene rings is 1. The highest BCUT2D eigenvalue weighted by Crippen LogP contribution is 2.38. The van der Waals surface area contributed by atoms with Crippen LogP contribution >= 0.6 is 11.3 Å². The highest BCUT2D eigenvalue weighted by molar-refractivity contribution is 7.15. The molecule has 2 nitrogen and oxygen atoms in total. The lowest BCUT2D eigenvalue weighted by Crippen LogP contribution is -2.15. The molecule has 0 bridgehead atoms. The van der Waals surface area contributed by atoms with Gasteiger partial charge in [-0.2, -0.15) is 0 Å². The number of aryl methyl sites for hydroxylation is 1. The van der Waals surface area contributed by atoms with Gasteiger partial charge in [0.05, 0.1) is 11.3 Å². The average molecular weight is 284 g/mol. The molecule has 2 aromatic rings. The molecule has 19 heavy (non-hydrogen) atoms. The maximum atomic E-state index is 13.7. The van der Waals surface area contributed by atoms with Crippen LogP contribution in [0.25, 0.3) is 10.6 Å². The first-order chi connectivity index (χ1) is 9.06. The lowest BCUT2D eigenvalue weighted by Gasteiger charge is -2.15. The molecule has 1 heterocycles. The predicted molar refractivity (Wildman–Crippen MR) is 67.3 cm³/mol. The molecule has 0 aliphatic heterocycles. The van der Waals surface area contributed by atoms with E-state index in [0.29, 0.717) is 12.1 Å². The number of nitrogens with two attached hydrogens (primary N) is 1. The fourth-order valence-corrected chi connectivity index (χ4v) is 3.50. The summed E-state index contributed by atoms with van der Waals surface area (Å²) in [6.45, 7) is 0. The van der Waals surface area contributed by atoms with Crippen LogP contribution in [-0.2, 0) is 6.42 Å². The van der Waals surface area contributed by atoms with Gasteiger partial charge in [0.25, 0.3) is 0 Å². The number of rotatable bonds is 1. The minimum absolute atomic E-state index is 0.124. The second-order valence-corrected chi connectivity index (χ2v) is 5.60. The SMILES string of the molecule is NC1CCCc2nc(-c3c(F)cc(F)cc3F)sc21. The standard InChI is InChI=1S/C13H11F3N2S/c14-6-4-7(15)11(8(16)5-6)13-18-10-3-1-2-9(17)12(10)19-13/h4-5,9H,1-3,17H2. The fraction of sp³-hybridized carbons (Fsp3) is 0.308. The minimum atomic E-state index is -0.934. The molecule has 1 aromatic carbocycles. The van der Waals surface area contributed by atoms with Crippen LogP contribution in [0.4, 0.5) is 13.2 Å². The zero-order chi connectivity index (χ0) is 13.6. The minimum Gasteiger partial charge on any atom is -0.323 e. The summed E-state index contributed by atoms with van der Waals surface area (Å²) in [6.07, 6.45) is 2.54. The molecule has 0 saturated carbocycles. The first-order valence-electron chi connectivity index (χ1n) is 5.96. The topological polar surface area (TPSA) is 38.9 Å². The summed E-state index contributed by atoms with van der Waals surface area (Å²) in [5.41, 5.74) is 6.50. The van der Waals surface area contributed by atoms with Gasteiger partial charge >= 0.3 is 0 Å². The van der Waals surface area contributed by atoms with Crippen LogP contribution in [-0.4, -0.2) is 4.98 Å². The summed E-state index contributed by atoms with van der Waals surface area (Å²) in [5, 5.41) is 0.234. The van der Waals surface area contributed by atoms with Crippen molar-refractivity contribution in [3.8, 4) is 10.6 Å². The summed E-state index contributed by atoms with van der Waals surface area (Å²) < 4.78 is 40.3. The van der Waals surface area contributed by atoms with E-state index in [4.69, 9.17) is 5.73 Å². The number of hydrogen-bond acceptors (Lipinski definition) is 3. The second kappa shape index (κ2) is 4.61. The molecule has 1 aromatic heterocycles. The van der Waals surface area contributed by atoms with Gasteiger partial charge < -0.3 is 5.73 Å². The quantitative estimate of drug-likeness (QED) is 0.869. The molecule has 100 valence electrons. The summed E-state index contributed by atoms with van der Waals surface area (Å²) in [4.78, 5) is 5.14. The summed E-state index contributed by atoms with van der Waals surface area (Å²) in [6, 6.07) is 1.21. The number of thiazole rings is 1. The molecule has 0 amide bonds. The van der Waals surface area contributed by atoms with Crippen LogP contribution in [0.15, 0.2) is 12.1 Å². The fourth-order valence-electron chi connectivity index (χ4n) is 2.31. The normalized spacial score (nSPS) is 18.4. The van der Waals surface area contributed by atoms with E-state index < -0.39 is 17.5 Å². The van der Waals surface area contributed by atoms with Crippen molar-refractivity contribution in [1.82, 2.24) is 4.98 Å². The molecule has 2 N–H and O–H groups in total. The maximum Gasteiger partial charge on any atom is 0.139 e. The van der Waals surface area contributed by atoms with Gasteiger partial charge in [0.15, 0.2) is 0 Å². The van der Waals surface area contributed by atoms with Gasteiger partial charge in [-0.15, -0.1) is 11.3 Å². The van der Waals surface area contributed by atoms with Gasteiger partial charge in [-0.3, -0.25) is 0 Å². The molecule has 6 heteroatoms. The Morgan fingerprint density at radius 3 is 2.53 bits per heavy atom. The van der Waals surface area contributed by atoms with E-state index in [-0.39, 0.29) is 16.6 Å². The van der Waals surface area contributed by atoms with E-state index >= 15 is 0 Å². The lowest BCUT2D eigenvalue weighted by atomic mass is 9.99. The van der Waals surface area contributed by atoms with E-state index in [1.165, 1.54) is 11.3 Å². The Bertz CT molecular complexity index is 616. The van der Waals surface area contributed by atoms with Crippen molar-refractivity contribution in [3.63, 3.8) is 0 Å². The third-order valence-electron chi connectivity index (χ3n) is 3.21. The van der Waals surface area contributed by atoms with Gasteiger partial charge in [0.1, 0.15) is 22.5 Å². The van der Waals surface area contributed by atoms with Gasteiger partial charge in [0.2, 0.25) is 0 Å². The van der Waals surface area contributed by atoms with Crippen molar-refractivity contribution >= 4 is 11.3 Å². The van der Waals surface area contributed by atoms with Crippen molar-refractivity contribution in [2.75, 3.05) is 0 Å². The Labute approximate surface area is 112 Å². The number of halogens is 3. The number of aromatic nitrogens is 1. The van der Waals surface area contributed by atoms with Crippen LogP contribution in [0.3, 0.4) is 0 Å². The predicted octanol–water partition coefficient (Wildman–Crippen LogP) is 3.56. The van der Waals surface area contributed by atoms with Crippen LogP contribution < -0.4 is 5.73 Å². The third-order valence-corrected chi connectivity index (χ3v) is 4.46. The van der Waals surface area contributed by atoms with Crippen LogP contribution in [0.5, 0.6) is 0 Å². The molecule has 1 aliphatic rings. The summed E-state index contributed by atoms with van der Waals surface area (Å²) in [5.74, 6) is -2.80. The Kier molecular flexibility index (Phi) is 3.06. The highest BCUT2D eigenvalue weighted by atomic mass is 32.1. The summed E-state index contributed by atoms with van der Waals surface area (Å²) in [7, 11) is 0. The molecule has 1 unspecified atom stereocenters. The van der Waals surface area contributed by atoms with Crippen molar-refractivity contribution in [3.05, 3.63) is 40.2 Å². The molecule has 0 radical (unpaired) electrons. The smallest absolute Gasteiger partial charge is 0.139 e. The van der Waals surface area contributed by atoms with Crippen LogP contribution in [0, 0.1) is 17.5 Å². The Morgan fingerprint density at radius 1 is 1.21 bits per heavy atom. The first-order valence-corrected chi connectivity index (χ1v) is 6.78. The molecule has 1 atom stereocenters. The molecule has 0 spiro atoms. The van der Waals surface area contributed by atoms with E-state index in [1.807, 2.05) is 0 Å². The number of fused-ring (bicyclic) bond motifs is 1. The molecular weight excluding hydrogens is 273 g/mol. The monoisotopic (exact) mass is 284 g/mol. The van der Waals surface area contributed by atoms with Crippen molar-refractivity contribution < 1.29 is 13.2 Å². The van der Waals surface area contributed by atoms with Gasteiger partial charge in [-0.25, -0.2) is 18.2 Å². The zero-order valence-corrected chi connectivity index (χ0v) is 10.7. The van der Waals surface area contributed by atoms with Crippen molar-refractivity contribution in [2.24, 2.45) is 5.73 Å². The van der Waals surface area contributed by atoms with Gasteiger partial charge in [-0.05, 0) is 19.3 Å².